The van der Waals surface area contributed by atoms with Crippen molar-refractivity contribution >= 4 is 11.9 Å². The van der Waals surface area contributed by atoms with Gasteiger partial charge in [-0.2, -0.15) is 0 Å². The summed E-state index contributed by atoms with van der Waals surface area (Å²) < 4.78 is 15.6. The van der Waals surface area contributed by atoms with Gasteiger partial charge in [0, 0.05) is 0 Å². The Morgan fingerprint density at radius 2 is 1.38 bits per heavy atom. The van der Waals surface area contributed by atoms with Crippen molar-refractivity contribution in [2.75, 3.05) is 7.11 Å². The molecular weight excluding hydrogens is 308 g/mol. The van der Waals surface area contributed by atoms with Gasteiger partial charge in [0.15, 0.2) is 0 Å². The SMILES string of the molecule is CCC(C)C(=O)Oc1ccc(C(=O)Oc2ccc(OC)cc2)cc1. The van der Waals surface area contributed by atoms with Gasteiger partial charge in [0.2, 0.25) is 0 Å². The molecular formula is C19H20O5. The number of rotatable bonds is 6. The second-order valence-corrected chi connectivity index (χ2v) is 5.32. The highest BCUT2D eigenvalue weighted by molar-refractivity contribution is 5.91. The zero-order chi connectivity index (χ0) is 17.5. The van der Waals surface area contributed by atoms with Crippen LogP contribution in [0.4, 0.5) is 0 Å². The van der Waals surface area contributed by atoms with E-state index in [0.29, 0.717) is 29.2 Å². The van der Waals surface area contributed by atoms with Gasteiger partial charge in [-0.05, 0) is 55.0 Å². The van der Waals surface area contributed by atoms with Gasteiger partial charge in [0.05, 0.1) is 18.6 Å². The van der Waals surface area contributed by atoms with Crippen LogP contribution in [-0.2, 0) is 4.79 Å². The maximum absolute atomic E-state index is 12.1. The van der Waals surface area contributed by atoms with Gasteiger partial charge in [-0.3, -0.25) is 4.79 Å². The first-order valence-corrected chi connectivity index (χ1v) is 7.71. The molecule has 0 heterocycles. The van der Waals surface area contributed by atoms with Crippen molar-refractivity contribution in [3.63, 3.8) is 0 Å². The third kappa shape index (κ3) is 4.59. The molecule has 1 unspecified atom stereocenters. The van der Waals surface area contributed by atoms with Crippen molar-refractivity contribution in [1.82, 2.24) is 0 Å². The quantitative estimate of drug-likeness (QED) is 0.595. The fourth-order valence-corrected chi connectivity index (χ4v) is 1.85. The van der Waals surface area contributed by atoms with Crippen LogP contribution in [0, 0.1) is 5.92 Å². The minimum absolute atomic E-state index is 0.162. The molecule has 0 aliphatic heterocycles. The summed E-state index contributed by atoms with van der Waals surface area (Å²) in [6, 6.07) is 13.0. The van der Waals surface area contributed by atoms with Crippen molar-refractivity contribution in [2.45, 2.75) is 20.3 Å². The largest absolute Gasteiger partial charge is 0.497 e. The van der Waals surface area contributed by atoms with Crippen LogP contribution in [0.15, 0.2) is 48.5 Å². The third-order valence-electron chi connectivity index (χ3n) is 3.59. The highest BCUT2D eigenvalue weighted by atomic mass is 16.5. The Balaban J connectivity index is 1.98. The molecule has 0 saturated carbocycles. The number of hydrogen-bond donors (Lipinski definition) is 0. The molecule has 0 amide bonds. The molecule has 2 aromatic rings. The van der Waals surface area contributed by atoms with Crippen LogP contribution < -0.4 is 14.2 Å². The van der Waals surface area contributed by atoms with E-state index in [9.17, 15) is 9.59 Å². The number of methoxy groups -OCH3 is 1. The fraction of sp³-hybridized carbons (Fsp3) is 0.263. The van der Waals surface area contributed by atoms with Gasteiger partial charge in [-0.25, -0.2) is 4.79 Å². The molecule has 0 spiro atoms. The van der Waals surface area contributed by atoms with E-state index in [2.05, 4.69) is 0 Å². The first-order chi connectivity index (χ1) is 11.5. The molecule has 2 aromatic carbocycles. The molecule has 5 heteroatoms. The third-order valence-corrected chi connectivity index (χ3v) is 3.59. The second-order valence-electron chi connectivity index (χ2n) is 5.32. The molecule has 0 fully saturated rings. The van der Waals surface area contributed by atoms with E-state index in [1.165, 1.54) is 0 Å². The lowest BCUT2D eigenvalue weighted by atomic mass is 10.1. The Kier molecular flexibility index (Phi) is 5.95. The Bertz CT molecular complexity index is 689. The topological polar surface area (TPSA) is 61.8 Å². The Hall–Kier alpha value is -2.82. The summed E-state index contributed by atoms with van der Waals surface area (Å²) in [6.45, 7) is 3.73. The summed E-state index contributed by atoms with van der Waals surface area (Å²) in [5, 5.41) is 0. The van der Waals surface area contributed by atoms with Crippen LogP contribution in [0.2, 0.25) is 0 Å². The molecule has 126 valence electrons. The van der Waals surface area contributed by atoms with Gasteiger partial charge >= 0.3 is 11.9 Å². The van der Waals surface area contributed by atoms with Crippen LogP contribution in [-0.4, -0.2) is 19.0 Å². The van der Waals surface area contributed by atoms with E-state index >= 15 is 0 Å². The molecule has 1 atom stereocenters. The van der Waals surface area contributed by atoms with E-state index in [-0.39, 0.29) is 11.9 Å². The molecule has 5 nitrogen and oxygen atoms in total. The standard InChI is InChI=1S/C19H20O5/c1-4-13(2)18(20)23-16-7-5-14(6-8-16)19(21)24-17-11-9-15(22-3)10-12-17/h5-13H,4H2,1-3H3. The summed E-state index contributed by atoms with van der Waals surface area (Å²) >= 11 is 0. The lowest BCUT2D eigenvalue weighted by molar-refractivity contribution is -0.138. The van der Waals surface area contributed by atoms with Gasteiger partial charge < -0.3 is 14.2 Å². The second kappa shape index (κ2) is 8.15. The summed E-state index contributed by atoms with van der Waals surface area (Å²) in [5.41, 5.74) is 0.370. The van der Waals surface area contributed by atoms with Crippen molar-refractivity contribution in [2.24, 2.45) is 5.92 Å². The Morgan fingerprint density at radius 3 is 1.92 bits per heavy atom. The number of hydrogen-bond acceptors (Lipinski definition) is 5. The van der Waals surface area contributed by atoms with E-state index in [1.54, 1.807) is 55.6 Å². The molecule has 0 saturated heterocycles. The summed E-state index contributed by atoms with van der Waals surface area (Å²) in [5.74, 6) is 0.576. The van der Waals surface area contributed by atoms with Crippen molar-refractivity contribution in [3.8, 4) is 17.2 Å². The molecule has 0 bridgehead atoms. The molecule has 0 aliphatic carbocycles. The molecule has 0 aromatic heterocycles. The maximum Gasteiger partial charge on any atom is 0.343 e. The number of benzene rings is 2. The average Bonchev–Trinajstić information content (AvgIpc) is 2.62. The van der Waals surface area contributed by atoms with Gasteiger partial charge in [0.1, 0.15) is 17.2 Å². The lowest BCUT2D eigenvalue weighted by Crippen LogP contribution is -2.17. The van der Waals surface area contributed by atoms with Crippen molar-refractivity contribution in [3.05, 3.63) is 54.1 Å². The van der Waals surface area contributed by atoms with Gasteiger partial charge in [-0.15, -0.1) is 0 Å². The van der Waals surface area contributed by atoms with E-state index in [4.69, 9.17) is 14.2 Å². The fourth-order valence-electron chi connectivity index (χ4n) is 1.85. The van der Waals surface area contributed by atoms with Gasteiger partial charge in [0.25, 0.3) is 0 Å². The molecule has 0 N–H and O–H groups in total. The van der Waals surface area contributed by atoms with Crippen LogP contribution in [0.5, 0.6) is 17.2 Å². The van der Waals surface area contributed by atoms with Crippen LogP contribution >= 0.6 is 0 Å². The van der Waals surface area contributed by atoms with Crippen molar-refractivity contribution in [1.29, 1.82) is 0 Å². The predicted molar refractivity (Wildman–Crippen MR) is 89.5 cm³/mol. The molecule has 0 aliphatic rings. The monoisotopic (exact) mass is 328 g/mol. The molecule has 24 heavy (non-hydrogen) atoms. The number of carbonyl (C=O) groups excluding carboxylic acids is 2. The van der Waals surface area contributed by atoms with Crippen LogP contribution in [0.1, 0.15) is 30.6 Å². The first kappa shape index (κ1) is 17.5. The minimum Gasteiger partial charge on any atom is -0.497 e. The van der Waals surface area contributed by atoms with E-state index in [0.717, 1.165) is 0 Å². The summed E-state index contributed by atoms with van der Waals surface area (Å²) in [7, 11) is 1.57. The maximum atomic E-state index is 12.1. The normalized spacial score (nSPS) is 11.5. The molecule has 0 radical (unpaired) electrons. The Labute approximate surface area is 141 Å². The van der Waals surface area contributed by atoms with Crippen molar-refractivity contribution < 1.29 is 23.8 Å². The van der Waals surface area contributed by atoms with Gasteiger partial charge in [-0.1, -0.05) is 13.8 Å². The highest BCUT2D eigenvalue weighted by Crippen LogP contribution is 2.19. The number of esters is 2. The first-order valence-electron chi connectivity index (χ1n) is 7.71. The Morgan fingerprint density at radius 1 is 0.875 bits per heavy atom. The van der Waals surface area contributed by atoms with E-state index in [1.807, 2.05) is 13.8 Å². The zero-order valence-corrected chi connectivity index (χ0v) is 13.9. The molecule has 2 rings (SSSR count). The highest BCUT2D eigenvalue weighted by Gasteiger charge is 2.14. The van der Waals surface area contributed by atoms with Crippen LogP contribution in [0.25, 0.3) is 0 Å². The summed E-state index contributed by atoms with van der Waals surface area (Å²) in [6.07, 6.45) is 0.713. The lowest BCUT2D eigenvalue weighted by Gasteiger charge is -2.09. The minimum atomic E-state index is -0.486. The smallest absolute Gasteiger partial charge is 0.343 e. The average molecular weight is 328 g/mol. The summed E-state index contributed by atoms with van der Waals surface area (Å²) in [4.78, 5) is 23.8. The number of carbonyl (C=O) groups is 2. The predicted octanol–water partition coefficient (Wildman–Crippen LogP) is 3.87. The number of ether oxygens (including phenoxy) is 3. The zero-order valence-electron chi connectivity index (χ0n) is 13.9. The van der Waals surface area contributed by atoms with Crippen LogP contribution in [0.3, 0.4) is 0 Å². The van der Waals surface area contributed by atoms with E-state index < -0.39 is 5.97 Å².